The van der Waals surface area contributed by atoms with E-state index >= 15 is 0 Å². The summed E-state index contributed by atoms with van der Waals surface area (Å²) < 4.78 is 42.4. The van der Waals surface area contributed by atoms with Gasteiger partial charge in [0.05, 0.1) is 28.5 Å². The molecule has 3 aromatic heterocycles. The van der Waals surface area contributed by atoms with Gasteiger partial charge >= 0.3 is 6.36 Å². The molecule has 1 aromatic carbocycles. The third-order valence-electron chi connectivity index (χ3n) is 4.97. The molecule has 0 radical (unpaired) electrons. The number of pyridine rings is 2. The minimum atomic E-state index is -4.74. The number of carbonyl (C=O) groups is 1. The maximum absolute atomic E-state index is 12.9. The lowest BCUT2D eigenvalue weighted by molar-refractivity contribution is -0.274. The Bertz CT molecular complexity index is 1250. The lowest BCUT2D eigenvalue weighted by Gasteiger charge is -2.26. The highest BCUT2D eigenvalue weighted by molar-refractivity contribution is 6.01. The number of hydrogen-bond donors (Lipinski definition) is 1. The van der Waals surface area contributed by atoms with Gasteiger partial charge in [0.1, 0.15) is 5.75 Å². The second kappa shape index (κ2) is 7.99. The van der Waals surface area contributed by atoms with Gasteiger partial charge < -0.3 is 10.1 Å². The minimum Gasteiger partial charge on any atom is -0.406 e. The van der Waals surface area contributed by atoms with Crippen molar-refractivity contribution in [1.29, 1.82) is 0 Å². The fraction of sp³-hybridized carbons (Fsp3) is 0.174. The number of halogens is 3. The Morgan fingerprint density at radius 2 is 1.75 bits per heavy atom. The third kappa shape index (κ3) is 4.56. The van der Waals surface area contributed by atoms with Crippen molar-refractivity contribution in [3.63, 3.8) is 0 Å². The van der Waals surface area contributed by atoms with Crippen LogP contribution in [0.1, 0.15) is 29.8 Å². The van der Waals surface area contributed by atoms with Crippen molar-refractivity contribution < 1.29 is 22.7 Å². The number of nitrogens with one attached hydrogen (secondary N) is 1. The molecule has 0 spiro atoms. The van der Waals surface area contributed by atoms with Gasteiger partial charge in [-0.05, 0) is 61.9 Å². The third-order valence-corrected chi connectivity index (χ3v) is 4.97. The van der Waals surface area contributed by atoms with E-state index in [4.69, 9.17) is 0 Å². The summed E-state index contributed by atoms with van der Waals surface area (Å²) >= 11 is 0. The molecule has 4 aromatic rings. The predicted molar refractivity (Wildman–Crippen MR) is 112 cm³/mol. The molecule has 0 aliphatic rings. The van der Waals surface area contributed by atoms with Crippen LogP contribution in [0.25, 0.3) is 16.8 Å². The predicted octanol–water partition coefficient (Wildman–Crippen LogP) is 4.96. The zero-order chi connectivity index (χ0) is 22.9. The molecule has 0 unspecified atom stereocenters. The lowest BCUT2D eigenvalue weighted by Crippen LogP contribution is -2.41. The highest BCUT2D eigenvalue weighted by atomic mass is 19.4. The first-order chi connectivity index (χ1) is 15.1. The fourth-order valence-electron chi connectivity index (χ4n) is 3.29. The summed E-state index contributed by atoms with van der Waals surface area (Å²) in [6.45, 7) is 3.72. The van der Waals surface area contributed by atoms with Gasteiger partial charge in [0, 0.05) is 18.0 Å². The van der Waals surface area contributed by atoms with E-state index in [-0.39, 0.29) is 11.7 Å². The van der Waals surface area contributed by atoms with E-state index in [1.165, 1.54) is 30.5 Å². The van der Waals surface area contributed by atoms with E-state index < -0.39 is 11.9 Å². The number of rotatable bonds is 5. The number of alkyl halides is 3. The van der Waals surface area contributed by atoms with Gasteiger partial charge in [-0.15, -0.1) is 13.2 Å². The van der Waals surface area contributed by atoms with Crippen LogP contribution in [0.5, 0.6) is 5.75 Å². The van der Waals surface area contributed by atoms with Crippen molar-refractivity contribution in [2.24, 2.45) is 0 Å². The van der Waals surface area contributed by atoms with Crippen LogP contribution in [0.15, 0.2) is 73.2 Å². The number of benzene rings is 1. The molecule has 0 aliphatic carbocycles. The standard InChI is InChI=1S/C23H19F3N4O2/c1-22(2,29-21(31)18-14-28-30-12-4-3-5-20(18)30)16-8-11-19(27-13-16)15-6-9-17(10-7-15)32-23(24,25)26/h3-14H,1-2H3,(H,29,31). The minimum absolute atomic E-state index is 0.263. The van der Waals surface area contributed by atoms with Crippen LogP contribution in [0.4, 0.5) is 13.2 Å². The van der Waals surface area contributed by atoms with Crippen molar-refractivity contribution in [3.05, 3.63) is 84.3 Å². The molecule has 6 nitrogen and oxygen atoms in total. The number of carbonyl (C=O) groups excluding carboxylic acids is 1. The topological polar surface area (TPSA) is 68.5 Å². The molecule has 9 heteroatoms. The molecule has 32 heavy (non-hydrogen) atoms. The Morgan fingerprint density at radius 1 is 1.00 bits per heavy atom. The van der Waals surface area contributed by atoms with Crippen LogP contribution in [0, 0.1) is 0 Å². The summed E-state index contributed by atoms with van der Waals surface area (Å²) in [6, 6.07) is 14.5. The van der Waals surface area contributed by atoms with E-state index in [2.05, 4.69) is 20.1 Å². The number of nitrogens with zero attached hydrogens (tertiary/aromatic N) is 3. The van der Waals surface area contributed by atoms with E-state index in [9.17, 15) is 18.0 Å². The fourth-order valence-corrected chi connectivity index (χ4v) is 3.29. The molecule has 164 valence electrons. The lowest BCUT2D eigenvalue weighted by atomic mass is 9.94. The quantitative estimate of drug-likeness (QED) is 0.476. The monoisotopic (exact) mass is 440 g/mol. The van der Waals surface area contributed by atoms with Crippen LogP contribution >= 0.6 is 0 Å². The summed E-state index contributed by atoms with van der Waals surface area (Å²) in [5, 5.41) is 7.19. The Labute approximate surface area is 181 Å². The van der Waals surface area contributed by atoms with Crippen molar-refractivity contribution >= 4 is 11.4 Å². The second-order valence-corrected chi connectivity index (χ2v) is 7.67. The summed E-state index contributed by atoms with van der Waals surface area (Å²) in [5.74, 6) is -0.560. The molecular formula is C23H19F3N4O2. The zero-order valence-corrected chi connectivity index (χ0v) is 17.2. The molecule has 0 atom stereocenters. The molecule has 0 saturated carbocycles. The largest absolute Gasteiger partial charge is 0.573 e. The molecular weight excluding hydrogens is 421 g/mol. The maximum Gasteiger partial charge on any atom is 0.573 e. The van der Waals surface area contributed by atoms with Gasteiger partial charge in [0.2, 0.25) is 0 Å². The van der Waals surface area contributed by atoms with Gasteiger partial charge in [-0.3, -0.25) is 9.78 Å². The van der Waals surface area contributed by atoms with Crippen LogP contribution in [0.3, 0.4) is 0 Å². The average Bonchev–Trinajstić information content (AvgIpc) is 3.17. The van der Waals surface area contributed by atoms with E-state index in [1.54, 1.807) is 23.0 Å². The Balaban J connectivity index is 1.49. The van der Waals surface area contributed by atoms with Crippen LogP contribution < -0.4 is 10.1 Å². The van der Waals surface area contributed by atoms with Crippen molar-refractivity contribution in [2.75, 3.05) is 0 Å². The molecule has 0 saturated heterocycles. The number of amides is 1. The van der Waals surface area contributed by atoms with Crippen LogP contribution in [-0.2, 0) is 5.54 Å². The maximum atomic E-state index is 12.9. The number of aromatic nitrogens is 3. The molecule has 1 N–H and O–H groups in total. The Hall–Kier alpha value is -3.88. The molecule has 3 heterocycles. The number of ether oxygens (including phenoxy) is 1. The summed E-state index contributed by atoms with van der Waals surface area (Å²) in [7, 11) is 0. The van der Waals surface area contributed by atoms with Crippen molar-refractivity contribution in [3.8, 4) is 17.0 Å². The molecule has 0 fully saturated rings. The average molecular weight is 440 g/mol. The van der Waals surface area contributed by atoms with Gasteiger partial charge in [0.15, 0.2) is 0 Å². The number of fused-ring (bicyclic) bond motifs is 1. The van der Waals surface area contributed by atoms with Crippen molar-refractivity contribution in [1.82, 2.24) is 19.9 Å². The summed E-state index contributed by atoms with van der Waals surface area (Å²) in [4.78, 5) is 17.3. The summed E-state index contributed by atoms with van der Waals surface area (Å²) in [6.07, 6.45) is 0.183. The normalized spacial score (nSPS) is 12.0. The Kier molecular flexibility index (Phi) is 5.33. The smallest absolute Gasteiger partial charge is 0.406 e. The molecule has 1 amide bonds. The molecule has 0 aliphatic heterocycles. The SMILES string of the molecule is CC(C)(NC(=O)c1cnn2ccccc12)c1ccc(-c2ccc(OC(F)(F)F)cc2)nc1. The molecule has 0 bridgehead atoms. The van der Waals surface area contributed by atoms with Crippen LogP contribution in [0.2, 0.25) is 0 Å². The van der Waals surface area contributed by atoms with Gasteiger partial charge in [-0.2, -0.15) is 5.10 Å². The van der Waals surface area contributed by atoms with Gasteiger partial charge in [-0.25, -0.2) is 4.52 Å². The first-order valence-corrected chi connectivity index (χ1v) is 9.70. The highest BCUT2D eigenvalue weighted by Gasteiger charge is 2.31. The zero-order valence-electron chi connectivity index (χ0n) is 17.2. The van der Waals surface area contributed by atoms with Gasteiger partial charge in [-0.1, -0.05) is 12.1 Å². The summed E-state index contributed by atoms with van der Waals surface area (Å²) in [5.41, 5.74) is 2.42. The van der Waals surface area contributed by atoms with E-state index in [0.29, 0.717) is 22.3 Å². The first kappa shape index (κ1) is 21.4. The van der Waals surface area contributed by atoms with E-state index in [0.717, 1.165) is 5.56 Å². The van der Waals surface area contributed by atoms with E-state index in [1.807, 2.05) is 38.1 Å². The first-order valence-electron chi connectivity index (χ1n) is 9.70. The van der Waals surface area contributed by atoms with Crippen molar-refractivity contribution in [2.45, 2.75) is 25.7 Å². The molecule has 4 rings (SSSR count). The highest BCUT2D eigenvalue weighted by Crippen LogP contribution is 2.27. The Morgan fingerprint density at radius 3 is 2.41 bits per heavy atom. The van der Waals surface area contributed by atoms with Crippen LogP contribution in [-0.4, -0.2) is 26.9 Å². The van der Waals surface area contributed by atoms with Gasteiger partial charge in [0.25, 0.3) is 5.91 Å². The second-order valence-electron chi connectivity index (χ2n) is 7.67. The number of hydrogen-bond acceptors (Lipinski definition) is 4.